The van der Waals surface area contributed by atoms with Crippen molar-refractivity contribution in [2.45, 2.75) is 51.8 Å². The lowest BCUT2D eigenvalue weighted by Crippen LogP contribution is -2.19. The molecule has 0 fully saturated rings. The van der Waals surface area contributed by atoms with Gasteiger partial charge in [0.2, 0.25) is 0 Å². The molecule has 1 rings (SSSR count). The first-order valence-corrected chi connectivity index (χ1v) is 7.21. The van der Waals surface area contributed by atoms with Crippen molar-refractivity contribution in [2.24, 2.45) is 5.73 Å². The van der Waals surface area contributed by atoms with Crippen LogP contribution in [0.15, 0.2) is 12.1 Å². The normalized spacial score (nSPS) is 12.6. The van der Waals surface area contributed by atoms with Crippen molar-refractivity contribution in [3.63, 3.8) is 0 Å². The van der Waals surface area contributed by atoms with E-state index >= 15 is 0 Å². The molecule has 0 unspecified atom stereocenters. The van der Waals surface area contributed by atoms with Gasteiger partial charge in [-0.25, -0.2) is 0 Å². The Bertz CT molecular complexity index is 481. The van der Waals surface area contributed by atoms with E-state index in [1.165, 1.54) is 6.07 Å². The summed E-state index contributed by atoms with van der Waals surface area (Å²) in [6.45, 7) is 6.26. The standard InChI is InChI=1S/C15H21ClF3NO/c1-14(2,3)11-8-10(6-4-5-7-20)9-12(13(11)16)21-15(17,18)19/h8-9H,4-7,20H2,1-3H3. The maximum absolute atomic E-state index is 12.5. The summed E-state index contributed by atoms with van der Waals surface area (Å²) in [6, 6.07) is 3.21. The largest absolute Gasteiger partial charge is 0.573 e. The first-order chi connectivity index (χ1) is 9.54. The minimum absolute atomic E-state index is 0.0161. The first-order valence-electron chi connectivity index (χ1n) is 6.83. The number of hydrogen-bond donors (Lipinski definition) is 1. The van der Waals surface area contributed by atoms with Crippen LogP contribution < -0.4 is 10.5 Å². The van der Waals surface area contributed by atoms with Crippen LogP contribution >= 0.6 is 11.6 Å². The Labute approximate surface area is 128 Å². The second-order valence-corrected chi connectivity index (χ2v) is 6.38. The summed E-state index contributed by atoms with van der Waals surface area (Å²) in [5.74, 6) is -0.334. The average Bonchev–Trinajstić information content (AvgIpc) is 2.30. The van der Waals surface area contributed by atoms with E-state index in [0.717, 1.165) is 18.4 Å². The summed E-state index contributed by atoms with van der Waals surface area (Å²) in [4.78, 5) is 0. The molecule has 2 N–H and O–H groups in total. The Kier molecular flexibility index (Phi) is 5.93. The number of hydrogen-bond acceptors (Lipinski definition) is 2. The van der Waals surface area contributed by atoms with Crippen molar-refractivity contribution in [3.05, 3.63) is 28.3 Å². The highest BCUT2D eigenvalue weighted by atomic mass is 35.5. The summed E-state index contributed by atoms with van der Waals surface area (Å²) < 4.78 is 41.5. The molecular formula is C15H21ClF3NO. The molecule has 0 aromatic heterocycles. The van der Waals surface area contributed by atoms with Crippen LogP contribution in [-0.4, -0.2) is 12.9 Å². The number of aryl methyl sites for hydroxylation is 1. The fourth-order valence-electron chi connectivity index (χ4n) is 2.02. The maximum atomic E-state index is 12.5. The zero-order valence-electron chi connectivity index (χ0n) is 12.5. The molecule has 0 amide bonds. The van der Waals surface area contributed by atoms with Crippen molar-refractivity contribution >= 4 is 11.6 Å². The van der Waals surface area contributed by atoms with Crippen LogP contribution in [-0.2, 0) is 11.8 Å². The second-order valence-electron chi connectivity index (χ2n) is 6.00. The van der Waals surface area contributed by atoms with E-state index in [1.54, 1.807) is 0 Å². The lowest BCUT2D eigenvalue weighted by Gasteiger charge is -2.24. The third kappa shape index (κ3) is 5.75. The number of unbranched alkanes of at least 4 members (excludes halogenated alkanes) is 1. The van der Waals surface area contributed by atoms with Gasteiger partial charge < -0.3 is 10.5 Å². The van der Waals surface area contributed by atoms with Crippen LogP contribution in [0.3, 0.4) is 0 Å². The fourth-order valence-corrected chi connectivity index (χ4v) is 2.45. The minimum atomic E-state index is -4.76. The minimum Gasteiger partial charge on any atom is -0.404 e. The zero-order chi connectivity index (χ0) is 16.3. The van der Waals surface area contributed by atoms with Crippen molar-refractivity contribution in [1.29, 1.82) is 0 Å². The molecule has 0 atom stereocenters. The van der Waals surface area contributed by atoms with Gasteiger partial charge in [-0.3, -0.25) is 0 Å². The van der Waals surface area contributed by atoms with E-state index in [2.05, 4.69) is 4.74 Å². The Morgan fingerprint density at radius 1 is 1.14 bits per heavy atom. The number of halogens is 4. The molecule has 2 nitrogen and oxygen atoms in total. The van der Waals surface area contributed by atoms with Crippen LogP contribution in [0.2, 0.25) is 5.02 Å². The van der Waals surface area contributed by atoms with Gasteiger partial charge in [0.15, 0.2) is 0 Å². The van der Waals surface area contributed by atoms with Crippen LogP contribution in [0.25, 0.3) is 0 Å². The molecule has 0 spiro atoms. The fraction of sp³-hybridized carbons (Fsp3) is 0.600. The Hall–Kier alpha value is -0.940. The smallest absolute Gasteiger partial charge is 0.404 e. The Morgan fingerprint density at radius 3 is 2.24 bits per heavy atom. The molecule has 0 aliphatic carbocycles. The number of alkyl halides is 3. The molecule has 0 aliphatic rings. The molecule has 1 aromatic rings. The van der Waals surface area contributed by atoms with E-state index in [4.69, 9.17) is 17.3 Å². The number of benzene rings is 1. The highest BCUT2D eigenvalue weighted by Gasteiger charge is 2.33. The SMILES string of the molecule is CC(C)(C)c1cc(CCCCN)cc(OC(F)(F)F)c1Cl. The predicted molar refractivity (Wildman–Crippen MR) is 78.8 cm³/mol. The average molecular weight is 324 g/mol. The van der Waals surface area contributed by atoms with Crippen molar-refractivity contribution in [2.75, 3.05) is 6.54 Å². The molecule has 6 heteroatoms. The molecule has 1 aromatic carbocycles. The van der Waals surface area contributed by atoms with Crippen LogP contribution in [0, 0.1) is 0 Å². The van der Waals surface area contributed by atoms with Crippen molar-refractivity contribution in [1.82, 2.24) is 0 Å². The van der Waals surface area contributed by atoms with Gasteiger partial charge in [-0.1, -0.05) is 38.4 Å². The number of nitrogens with two attached hydrogens (primary N) is 1. The van der Waals surface area contributed by atoms with Crippen LogP contribution in [0.1, 0.15) is 44.7 Å². The summed E-state index contributed by atoms with van der Waals surface area (Å²) >= 11 is 6.09. The van der Waals surface area contributed by atoms with Gasteiger partial charge in [0.05, 0.1) is 5.02 Å². The highest BCUT2D eigenvalue weighted by Crippen LogP contribution is 2.39. The molecule has 0 saturated heterocycles. The van der Waals surface area contributed by atoms with E-state index in [0.29, 0.717) is 18.5 Å². The molecule has 21 heavy (non-hydrogen) atoms. The quantitative estimate of drug-likeness (QED) is 0.789. The van der Waals surface area contributed by atoms with E-state index in [9.17, 15) is 13.2 Å². The molecule has 0 bridgehead atoms. The zero-order valence-corrected chi connectivity index (χ0v) is 13.2. The lowest BCUT2D eigenvalue weighted by molar-refractivity contribution is -0.274. The molecule has 0 radical (unpaired) electrons. The van der Waals surface area contributed by atoms with Crippen LogP contribution in [0.4, 0.5) is 13.2 Å². The van der Waals surface area contributed by atoms with E-state index < -0.39 is 6.36 Å². The molecule has 0 heterocycles. The topological polar surface area (TPSA) is 35.2 Å². The summed E-state index contributed by atoms with van der Waals surface area (Å²) in [5, 5.41) is 0.0161. The summed E-state index contributed by atoms with van der Waals surface area (Å²) in [7, 11) is 0. The first kappa shape index (κ1) is 18.1. The lowest BCUT2D eigenvalue weighted by atomic mass is 9.85. The second kappa shape index (κ2) is 6.88. The van der Waals surface area contributed by atoms with Gasteiger partial charge in [0, 0.05) is 0 Å². The van der Waals surface area contributed by atoms with Crippen molar-refractivity contribution < 1.29 is 17.9 Å². The van der Waals surface area contributed by atoms with E-state index in [1.807, 2.05) is 26.8 Å². The summed E-state index contributed by atoms with van der Waals surface area (Å²) in [5.41, 5.74) is 6.49. The highest BCUT2D eigenvalue weighted by molar-refractivity contribution is 6.33. The third-order valence-electron chi connectivity index (χ3n) is 3.05. The van der Waals surface area contributed by atoms with Gasteiger partial charge in [-0.2, -0.15) is 0 Å². The van der Waals surface area contributed by atoms with Crippen LogP contribution in [0.5, 0.6) is 5.75 Å². The molecular weight excluding hydrogens is 303 g/mol. The van der Waals surface area contributed by atoms with Gasteiger partial charge >= 0.3 is 6.36 Å². The third-order valence-corrected chi connectivity index (χ3v) is 3.44. The molecule has 0 saturated carbocycles. The number of ether oxygens (including phenoxy) is 1. The maximum Gasteiger partial charge on any atom is 0.573 e. The summed E-state index contributed by atoms with van der Waals surface area (Å²) in [6.07, 6.45) is -2.48. The van der Waals surface area contributed by atoms with Gasteiger partial charge in [-0.15, -0.1) is 13.2 Å². The monoisotopic (exact) mass is 323 g/mol. The Balaban J connectivity index is 3.19. The predicted octanol–water partition coefficient (Wildman–Crippen LogP) is 4.82. The molecule has 120 valence electrons. The molecule has 0 aliphatic heterocycles. The van der Waals surface area contributed by atoms with E-state index in [-0.39, 0.29) is 16.2 Å². The Morgan fingerprint density at radius 2 is 1.76 bits per heavy atom. The van der Waals surface area contributed by atoms with Gasteiger partial charge in [-0.05, 0) is 48.4 Å². The van der Waals surface area contributed by atoms with Gasteiger partial charge in [0.25, 0.3) is 0 Å². The van der Waals surface area contributed by atoms with Crippen molar-refractivity contribution in [3.8, 4) is 5.75 Å². The number of rotatable bonds is 5. The van der Waals surface area contributed by atoms with Gasteiger partial charge in [0.1, 0.15) is 5.75 Å².